The Morgan fingerprint density at radius 2 is 1.91 bits per heavy atom. The summed E-state index contributed by atoms with van der Waals surface area (Å²) in [7, 11) is 0. The minimum atomic E-state index is -0.544. The van der Waals surface area contributed by atoms with Gasteiger partial charge in [-0.15, -0.1) is 0 Å². The second kappa shape index (κ2) is 7.49. The van der Waals surface area contributed by atoms with Gasteiger partial charge in [-0.3, -0.25) is 5.32 Å². The maximum absolute atomic E-state index is 11.4. The van der Waals surface area contributed by atoms with Gasteiger partial charge in [-0.2, -0.15) is 0 Å². The maximum atomic E-state index is 11.4. The first-order valence-corrected chi connectivity index (χ1v) is 7.49. The SMILES string of the molecule is CCOC(=O)Nc1ccc(NCc2cc(C)cc(C)c2)nc1N. The number of pyridine rings is 1. The highest BCUT2D eigenvalue weighted by Crippen LogP contribution is 2.19. The van der Waals surface area contributed by atoms with Crippen LogP contribution in [0.2, 0.25) is 0 Å². The van der Waals surface area contributed by atoms with Crippen molar-refractivity contribution in [1.82, 2.24) is 4.98 Å². The molecule has 0 unspecified atom stereocenters. The number of amides is 1. The molecule has 1 amide bonds. The van der Waals surface area contributed by atoms with Crippen molar-refractivity contribution in [1.29, 1.82) is 0 Å². The fourth-order valence-electron chi connectivity index (χ4n) is 2.32. The first-order chi connectivity index (χ1) is 11.0. The Labute approximate surface area is 136 Å². The Balaban J connectivity index is 2.01. The summed E-state index contributed by atoms with van der Waals surface area (Å²) in [4.78, 5) is 15.6. The number of benzene rings is 1. The van der Waals surface area contributed by atoms with Crippen LogP contribution in [0.5, 0.6) is 0 Å². The molecule has 6 heteroatoms. The minimum absolute atomic E-state index is 0.239. The average molecular weight is 314 g/mol. The molecular weight excluding hydrogens is 292 g/mol. The van der Waals surface area contributed by atoms with Gasteiger partial charge in [-0.25, -0.2) is 9.78 Å². The number of carbonyl (C=O) groups is 1. The quantitative estimate of drug-likeness (QED) is 0.786. The van der Waals surface area contributed by atoms with E-state index in [9.17, 15) is 4.79 Å². The van der Waals surface area contributed by atoms with Crippen LogP contribution in [0, 0.1) is 13.8 Å². The molecule has 0 saturated heterocycles. The Morgan fingerprint density at radius 1 is 1.22 bits per heavy atom. The first kappa shape index (κ1) is 16.6. The van der Waals surface area contributed by atoms with Crippen molar-refractivity contribution < 1.29 is 9.53 Å². The number of anilines is 3. The van der Waals surface area contributed by atoms with Crippen molar-refractivity contribution in [2.45, 2.75) is 27.3 Å². The fourth-order valence-corrected chi connectivity index (χ4v) is 2.32. The summed E-state index contributed by atoms with van der Waals surface area (Å²) in [6.07, 6.45) is -0.544. The van der Waals surface area contributed by atoms with Crippen LogP contribution in [-0.2, 0) is 11.3 Å². The predicted octanol–water partition coefficient (Wildman–Crippen LogP) is 3.46. The molecule has 0 saturated carbocycles. The molecule has 2 rings (SSSR count). The van der Waals surface area contributed by atoms with Gasteiger partial charge in [0.2, 0.25) is 0 Å². The minimum Gasteiger partial charge on any atom is -0.450 e. The van der Waals surface area contributed by atoms with Crippen LogP contribution < -0.4 is 16.4 Å². The number of aromatic nitrogens is 1. The summed E-state index contributed by atoms with van der Waals surface area (Å²) in [6, 6.07) is 9.85. The lowest BCUT2D eigenvalue weighted by molar-refractivity contribution is 0.168. The first-order valence-electron chi connectivity index (χ1n) is 7.49. The molecular formula is C17H22N4O2. The number of ether oxygens (including phenoxy) is 1. The van der Waals surface area contributed by atoms with Gasteiger partial charge in [0.15, 0.2) is 0 Å². The fraction of sp³-hybridized carbons (Fsp3) is 0.294. The van der Waals surface area contributed by atoms with E-state index in [4.69, 9.17) is 10.5 Å². The zero-order valence-electron chi connectivity index (χ0n) is 13.6. The number of hydrogen-bond donors (Lipinski definition) is 3. The summed E-state index contributed by atoms with van der Waals surface area (Å²) in [5, 5.41) is 5.78. The van der Waals surface area contributed by atoms with Gasteiger partial charge in [-0.1, -0.05) is 29.3 Å². The number of aryl methyl sites for hydroxylation is 2. The Hall–Kier alpha value is -2.76. The van der Waals surface area contributed by atoms with E-state index in [2.05, 4.69) is 47.7 Å². The highest BCUT2D eigenvalue weighted by atomic mass is 16.5. The van der Waals surface area contributed by atoms with Crippen molar-refractivity contribution in [3.05, 3.63) is 47.0 Å². The average Bonchev–Trinajstić information content (AvgIpc) is 2.47. The number of nitrogens with one attached hydrogen (secondary N) is 2. The monoisotopic (exact) mass is 314 g/mol. The maximum Gasteiger partial charge on any atom is 0.411 e. The van der Waals surface area contributed by atoms with Crippen molar-refractivity contribution in [2.75, 3.05) is 23.0 Å². The van der Waals surface area contributed by atoms with E-state index >= 15 is 0 Å². The third kappa shape index (κ3) is 4.88. The highest BCUT2D eigenvalue weighted by Gasteiger charge is 2.07. The normalized spacial score (nSPS) is 10.2. The molecule has 122 valence electrons. The number of hydrogen-bond acceptors (Lipinski definition) is 5. The van der Waals surface area contributed by atoms with Crippen molar-refractivity contribution in [2.24, 2.45) is 0 Å². The van der Waals surface area contributed by atoms with Crippen LogP contribution in [0.1, 0.15) is 23.6 Å². The molecule has 0 fully saturated rings. The zero-order chi connectivity index (χ0) is 16.8. The van der Waals surface area contributed by atoms with Crippen molar-refractivity contribution in [3.63, 3.8) is 0 Å². The van der Waals surface area contributed by atoms with Crippen LogP contribution in [0.15, 0.2) is 30.3 Å². The smallest absolute Gasteiger partial charge is 0.411 e. The molecule has 1 heterocycles. The number of rotatable bonds is 5. The van der Waals surface area contributed by atoms with Gasteiger partial charge in [0.05, 0.1) is 12.3 Å². The Kier molecular flexibility index (Phi) is 5.41. The lowest BCUT2D eigenvalue weighted by Gasteiger charge is -2.11. The lowest BCUT2D eigenvalue weighted by atomic mass is 10.1. The molecule has 4 N–H and O–H groups in total. The van der Waals surface area contributed by atoms with Crippen LogP contribution in [0.4, 0.5) is 22.1 Å². The molecule has 1 aromatic heterocycles. The Bertz CT molecular complexity index is 681. The number of carbonyl (C=O) groups excluding carboxylic acids is 1. The van der Waals surface area contributed by atoms with Crippen LogP contribution in [-0.4, -0.2) is 17.7 Å². The third-order valence-electron chi connectivity index (χ3n) is 3.19. The van der Waals surface area contributed by atoms with Gasteiger partial charge in [-0.05, 0) is 38.5 Å². The van der Waals surface area contributed by atoms with E-state index in [-0.39, 0.29) is 5.82 Å². The van der Waals surface area contributed by atoms with Gasteiger partial charge in [0, 0.05) is 6.54 Å². The van der Waals surface area contributed by atoms with Crippen LogP contribution >= 0.6 is 0 Å². The van der Waals surface area contributed by atoms with E-state index in [1.54, 1.807) is 19.1 Å². The summed E-state index contributed by atoms with van der Waals surface area (Å²) in [5.41, 5.74) is 9.92. The second-order valence-electron chi connectivity index (χ2n) is 5.32. The van der Waals surface area contributed by atoms with Gasteiger partial charge in [0.1, 0.15) is 11.6 Å². The predicted molar refractivity (Wildman–Crippen MR) is 92.5 cm³/mol. The molecule has 2 aromatic rings. The largest absolute Gasteiger partial charge is 0.450 e. The van der Waals surface area contributed by atoms with Crippen molar-refractivity contribution >= 4 is 23.4 Å². The highest BCUT2D eigenvalue weighted by molar-refractivity contribution is 5.88. The van der Waals surface area contributed by atoms with Crippen LogP contribution in [0.3, 0.4) is 0 Å². The van der Waals surface area contributed by atoms with Crippen molar-refractivity contribution in [3.8, 4) is 0 Å². The summed E-state index contributed by atoms with van der Waals surface area (Å²) in [6.45, 7) is 6.83. The molecule has 6 nitrogen and oxygen atoms in total. The van der Waals surface area contributed by atoms with Gasteiger partial charge >= 0.3 is 6.09 Å². The molecule has 0 aliphatic carbocycles. The van der Waals surface area contributed by atoms with E-state index in [1.165, 1.54) is 16.7 Å². The number of nitrogen functional groups attached to an aromatic ring is 1. The molecule has 0 atom stereocenters. The van der Waals surface area contributed by atoms with Gasteiger partial charge < -0.3 is 15.8 Å². The zero-order valence-corrected chi connectivity index (χ0v) is 13.6. The van der Waals surface area contributed by atoms with E-state index < -0.39 is 6.09 Å². The molecule has 0 spiro atoms. The molecule has 23 heavy (non-hydrogen) atoms. The van der Waals surface area contributed by atoms with E-state index in [0.717, 1.165) is 0 Å². The lowest BCUT2D eigenvalue weighted by Crippen LogP contribution is -2.15. The molecule has 0 aliphatic heterocycles. The Morgan fingerprint density at radius 3 is 2.52 bits per heavy atom. The third-order valence-corrected chi connectivity index (χ3v) is 3.19. The number of nitrogens with zero attached hydrogens (tertiary/aromatic N) is 1. The van der Waals surface area contributed by atoms with E-state index in [0.29, 0.717) is 24.7 Å². The summed E-state index contributed by atoms with van der Waals surface area (Å²) < 4.78 is 4.81. The standard InChI is InChI=1S/C17H22N4O2/c1-4-23-17(22)20-14-5-6-15(21-16(14)18)19-10-13-8-11(2)7-12(3)9-13/h5-9H,4,10H2,1-3H3,(H,20,22)(H3,18,19,21). The topological polar surface area (TPSA) is 89.3 Å². The molecule has 0 radical (unpaired) electrons. The molecule has 0 bridgehead atoms. The summed E-state index contributed by atoms with van der Waals surface area (Å²) >= 11 is 0. The molecule has 1 aromatic carbocycles. The molecule has 0 aliphatic rings. The summed E-state index contributed by atoms with van der Waals surface area (Å²) in [5.74, 6) is 0.888. The second-order valence-corrected chi connectivity index (χ2v) is 5.32. The number of nitrogens with two attached hydrogens (primary N) is 1. The van der Waals surface area contributed by atoms with E-state index in [1.807, 2.05) is 0 Å². The van der Waals surface area contributed by atoms with Gasteiger partial charge in [0.25, 0.3) is 0 Å². The van der Waals surface area contributed by atoms with Crippen LogP contribution in [0.25, 0.3) is 0 Å².